The van der Waals surface area contributed by atoms with E-state index in [4.69, 9.17) is 16.3 Å². The van der Waals surface area contributed by atoms with Crippen molar-refractivity contribution in [3.63, 3.8) is 0 Å². The molecule has 4 nitrogen and oxygen atoms in total. The number of halogens is 1. The highest BCUT2D eigenvalue weighted by atomic mass is 35.5. The number of aromatic nitrogens is 3. The van der Waals surface area contributed by atoms with E-state index in [2.05, 4.69) is 17.0 Å². The van der Waals surface area contributed by atoms with E-state index in [-0.39, 0.29) is 0 Å². The zero-order valence-electron chi connectivity index (χ0n) is 10.6. The molecule has 2 aromatic rings. The Morgan fingerprint density at radius 3 is 2.83 bits per heavy atom. The lowest BCUT2D eigenvalue weighted by atomic mass is 10.2. The van der Waals surface area contributed by atoms with Crippen LogP contribution in [0.3, 0.4) is 0 Å². The predicted molar refractivity (Wildman–Crippen MR) is 71.1 cm³/mol. The molecule has 0 saturated heterocycles. The summed E-state index contributed by atoms with van der Waals surface area (Å²) >= 11 is 5.88. The molecule has 0 N–H and O–H groups in total. The maximum atomic E-state index is 5.88. The summed E-state index contributed by atoms with van der Waals surface area (Å²) in [6.45, 7) is 2.12. The highest BCUT2D eigenvalue weighted by Crippen LogP contribution is 2.21. The van der Waals surface area contributed by atoms with E-state index in [1.807, 2.05) is 19.2 Å². The number of pyridine rings is 1. The summed E-state index contributed by atoms with van der Waals surface area (Å²) in [7, 11) is 1.85. The zero-order chi connectivity index (χ0) is 13.0. The van der Waals surface area contributed by atoms with Crippen LogP contribution in [0, 0.1) is 0 Å². The van der Waals surface area contributed by atoms with Crippen LogP contribution in [0.5, 0.6) is 11.6 Å². The Hall–Kier alpha value is -1.55. The molecular formula is C13H16ClN3O. The second-order valence-corrected chi connectivity index (χ2v) is 4.41. The van der Waals surface area contributed by atoms with Crippen LogP contribution < -0.4 is 4.74 Å². The fourth-order valence-corrected chi connectivity index (χ4v) is 1.86. The molecule has 0 spiro atoms. The molecule has 2 heterocycles. The molecule has 0 aromatic carbocycles. The molecule has 0 atom stereocenters. The molecule has 2 rings (SSSR count). The van der Waals surface area contributed by atoms with Gasteiger partial charge in [0.05, 0.1) is 12.4 Å². The fourth-order valence-electron chi connectivity index (χ4n) is 1.71. The third kappa shape index (κ3) is 3.23. The molecule has 5 heteroatoms. The van der Waals surface area contributed by atoms with Gasteiger partial charge in [-0.1, -0.05) is 13.3 Å². The van der Waals surface area contributed by atoms with E-state index >= 15 is 0 Å². The number of ether oxygens (including phenoxy) is 1. The van der Waals surface area contributed by atoms with Gasteiger partial charge in [0, 0.05) is 24.7 Å². The normalized spacial score (nSPS) is 10.6. The van der Waals surface area contributed by atoms with Crippen molar-refractivity contribution in [3.05, 3.63) is 35.8 Å². The Balaban J connectivity index is 2.23. The summed E-state index contributed by atoms with van der Waals surface area (Å²) in [6.07, 6.45) is 5.43. The summed E-state index contributed by atoms with van der Waals surface area (Å²) in [5.74, 6) is 1.71. The largest absolute Gasteiger partial charge is 0.436 e. The van der Waals surface area contributed by atoms with Crippen molar-refractivity contribution in [1.82, 2.24) is 14.8 Å². The van der Waals surface area contributed by atoms with Crippen LogP contribution in [0.1, 0.15) is 24.6 Å². The van der Waals surface area contributed by atoms with Crippen LogP contribution in [0.15, 0.2) is 24.5 Å². The van der Waals surface area contributed by atoms with Crippen molar-refractivity contribution in [3.8, 4) is 11.6 Å². The topological polar surface area (TPSA) is 39.9 Å². The van der Waals surface area contributed by atoms with E-state index < -0.39 is 0 Å². The third-order valence-corrected chi connectivity index (χ3v) is 2.79. The average molecular weight is 266 g/mol. The Morgan fingerprint density at radius 2 is 2.22 bits per heavy atom. The standard InChI is InChI=1S/C13H16ClN3O/c1-3-4-11-5-10(7-14)6-13(16-11)18-12-8-15-17(2)9-12/h5-6,8-9H,3-4,7H2,1-2H3. The van der Waals surface area contributed by atoms with E-state index in [0.717, 1.165) is 24.1 Å². The van der Waals surface area contributed by atoms with Crippen LogP contribution in [-0.4, -0.2) is 14.8 Å². The van der Waals surface area contributed by atoms with Gasteiger partial charge in [-0.05, 0) is 18.1 Å². The first-order chi connectivity index (χ1) is 8.71. The molecule has 0 aliphatic rings. The van der Waals surface area contributed by atoms with Crippen LogP contribution >= 0.6 is 11.6 Å². The number of hydrogen-bond donors (Lipinski definition) is 0. The Morgan fingerprint density at radius 1 is 1.39 bits per heavy atom. The lowest BCUT2D eigenvalue weighted by molar-refractivity contribution is 0.459. The lowest BCUT2D eigenvalue weighted by Gasteiger charge is -2.07. The first kappa shape index (κ1) is 12.9. The fraction of sp³-hybridized carbons (Fsp3) is 0.385. The van der Waals surface area contributed by atoms with Gasteiger partial charge >= 0.3 is 0 Å². The summed E-state index contributed by atoms with van der Waals surface area (Å²) in [5, 5.41) is 4.05. The molecule has 0 unspecified atom stereocenters. The molecule has 2 aromatic heterocycles. The van der Waals surface area contributed by atoms with Gasteiger partial charge in [-0.25, -0.2) is 4.98 Å². The highest BCUT2D eigenvalue weighted by molar-refractivity contribution is 6.17. The Labute approximate surface area is 112 Å². The average Bonchev–Trinajstić information content (AvgIpc) is 2.75. The number of rotatable bonds is 5. The van der Waals surface area contributed by atoms with Crippen molar-refractivity contribution < 1.29 is 4.74 Å². The van der Waals surface area contributed by atoms with Gasteiger partial charge in [-0.3, -0.25) is 4.68 Å². The molecule has 0 aliphatic carbocycles. The van der Waals surface area contributed by atoms with E-state index in [1.165, 1.54) is 0 Å². The Bertz CT molecular complexity index is 525. The molecular weight excluding hydrogens is 250 g/mol. The Kier molecular flexibility index (Phi) is 4.20. The summed E-state index contributed by atoms with van der Waals surface area (Å²) in [6, 6.07) is 3.88. The third-order valence-electron chi connectivity index (χ3n) is 2.48. The minimum atomic E-state index is 0.461. The van der Waals surface area contributed by atoms with Gasteiger partial charge in [0.1, 0.15) is 0 Å². The van der Waals surface area contributed by atoms with Crippen molar-refractivity contribution >= 4 is 11.6 Å². The maximum Gasteiger partial charge on any atom is 0.219 e. The van der Waals surface area contributed by atoms with Gasteiger partial charge in [0.15, 0.2) is 5.75 Å². The van der Waals surface area contributed by atoms with Crippen molar-refractivity contribution in [2.75, 3.05) is 0 Å². The first-order valence-electron chi connectivity index (χ1n) is 5.93. The predicted octanol–water partition coefficient (Wildman–Crippen LogP) is 3.30. The second-order valence-electron chi connectivity index (χ2n) is 4.14. The monoisotopic (exact) mass is 265 g/mol. The van der Waals surface area contributed by atoms with Gasteiger partial charge in [0.25, 0.3) is 0 Å². The SMILES string of the molecule is CCCc1cc(CCl)cc(Oc2cnn(C)c2)n1. The summed E-state index contributed by atoms with van der Waals surface area (Å²) in [5.41, 5.74) is 2.03. The molecule has 0 saturated carbocycles. The summed E-state index contributed by atoms with van der Waals surface area (Å²) < 4.78 is 7.36. The van der Waals surface area contributed by atoms with Crippen molar-refractivity contribution in [2.45, 2.75) is 25.6 Å². The van der Waals surface area contributed by atoms with E-state index in [1.54, 1.807) is 17.1 Å². The smallest absolute Gasteiger partial charge is 0.219 e. The molecule has 96 valence electrons. The van der Waals surface area contributed by atoms with E-state index in [0.29, 0.717) is 17.5 Å². The number of aryl methyl sites for hydroxylation is 2. The molecule has 0 amide bonds. The maximum absolute atomic E-state index is 5.88. The van der Waals surface area contributed by atoms with E-state index in [9.17, 15) is 0 Å². The van der Waals surface area contributed by atoms with Gasteiger partial charge in [0.2, 0.25) is 5.88 Å². The van der Waals surface area contributed by atoms with Crippen LogP contribution in [-0.2, 0) is 19.3 Å². The van der Waals surface area contributed by atoms with Crippen LogP contribution in [0.2, 0.25) is 0 Å². The molecule has 0 radical (unpaired) electrons. The lowest BCUT2D eigenvalue weighted by Crippen LogP contribution is -1.95. The number of hydrogen-bond acceptors (Lipinski definition) is 3. The van der Waals surface area contributed by atoms with Gasteiger partial charge < -0.3 is 4.74 Å². The minimum Gasteiger partial charge on any atom is -0.436 e. The first-order valence-corrected chi connectivity index (χ1v) is 6.47. The second kappa shape index (κ2) is 5.87. The quantitative estimate of drug-likeness (QED) is 0.779. The minimum absolute atomic E-state index is 0.461. The molecule has 0 bridgehead atoms. The highest BCUT2D eigenvalue weighted by Gasteiger charge is 2.05. The van der Waals surface area contributed by atoms with Crippen LogP contribution in [0.25, 0.3) is 0 Å². The summed E-state index contributed by atoms with van der Waals surface area (Å²) in [4.78, 5) is 4.46. The van der Waals surface area contributed by atoms with Crippen LogP contribution in [0.4, 0.5) is 0 Å². The molecule has 0 aliphatic heterocycles. The van der Waals surface area contributed by atoms with Crippen molar-refractivity contribution in [2.24, 2.45) is 7.05 Å². The van der Waals surface area contributed by atoms with Crippen molar-refractivity contribution in [1.29, 1.82) is 0 Å². The number of alkyl halides is 1. The zero-order valence-corrected chi connectivity index (χ0v) is 11.3. The van der Waals surface area contributed by atoms with Gasteiger partial charge in [-0.15, -0.1) is 11.6 Å². The van der Waals surface area contributed by atoms with Gasteiger partial charge in [-0.2, -0.15) is 5.10 Å². The molecule has 18 heavy (non-hydrogen) atoms. The molecule has 0 fully saturated rings. The number of nitrogens with zero attached hydrogens (tertiary/aromatic N) is 3.